The molecular formula is C24H28FN9O. The number of pyridine rings is 1. The van der Waals surface area contributed by atoms with E-state index in [-0.39, 0.29) is 11.8 Å². The highest BCUT2D eigenvalue weighted by Crippen LogP contribution is 2.25. The van der Waals surface area contributed by atoms with Crippen molar-refractivity contribution in [2.45, 2.75) is 19.4 Å². The molecule has 0 spiro atoms. The topological polar surface area (TPSA) is 103 Å². The summed E-state index contributed by atoms with van der Waals surface area (Å²) in [5, 5.41) is 9.73. The molecule has 2 aromatic heterocycles. The Morgan fingerprint density at radius 2 is 2.03 bits per heavy atom. The van der Waals surface area contributed by atoms with Crippen LogP contribution in [0.2, 0.25) is 0 Å². The van der Waals surface area contributed by atoms with E-state index in [0.717, 1.165) is 36.2 Å². The van der Waals surface area contributed by atoms with Gasteiger partial charge in [-0.1, -0.05) is 6.07 Å². The number of hydrogen-bond acceptors (Lipinski definition) is 10. The fraction of sp³-hybridized carbons (Fsp3) is 0.333. The van der Waals surface area contributed by atoms with Crippen molar-refractivity contribution >= 4 is 35.0 Å². The summed E-state index contributed by atoms with van der Waals surface area (Å²) in [6.45, 7) is 5.45. The summed E-state index contributed by atoms with van der Waals surface area (Å²) >= 11 is 0. The molecule has 0 amide bonds. The van der Waals surface area contributed by atoms with Gasteiger partial charge in [-0.3, -0.25) is 4.98 Å². The van der Waals surface area contributed by atoms with Crippen LogP contribution in [-0.2, 0) is 4.74 Å². The van der Waals surface area contributed by atoms with Crippen molar-refractivity contribution in [1.29, 1.82) is 0 Å². The molecule has 10 nitrogen and oxygen atoms in total. The van der Waals surface area contributed by atoms with E-state index in [1.165, 1.54) is 0 Å². The maximum Gasteiger partial charge on any atom is 0.245 e. The van der Waals surface area contributed by atoms with E-state index in [0.29, 0.717) is 38.0 Å². The zero-order valence-corrected chi connectivity index (χ0v) is 19.5. The van der Waals surface area contributed by atoms with E-state index in [4.69, 9.17) is 4.74 Å². The average molecular weight is 478 g/mol. The number of benzene rings is 1. The molecule has 2 fully saturated rings. The number of nitrogens with zero attached hydrogens (tertiary/aromatic N) is 6. The van der Waals surface area contributed by atoms with Crippen LogP contribution in [0.3, 0.4) is 0 Å². The molecule has 0 radical (unpaired) electrons. The minimum Gasteiger partial charge on any atom is -0.378 e. The van der Waals surface area contributed by atoms with Gasteiger partial charge in [-0.15, -0.1) is 0 Å². The Balaban J connectivity index is 1.19. The third-order valence-electron chi connectivity index (χ3n) is 5.88. The van der Waals surface area contributed by atoms with Crippen LogP contribution in [0.25, 0.3) is 0 Å². The maximum absolute atomic E-state index is 14.2. The van der Waals surface area contributed by atoms with Crippen molar-refractivity contribution in [3.63, 3.8) is 0 Å². The summed E-state index contributed by atoms with van der Waals surface area (Å²) in [6, 6.07) is 12.5. The molecule has 4 heterocycles. The van der Waals surface area contributed by atoms with Gasteiger partial charge >= 0.3 is 0 Å². The lowest BCUT2D eigenvalue weighted by Gasteiger charge is -2.27. The van der Waals surface area contributed by atoms with Crippen LogP contribution in [0, 0.1) is 5.82 Å². The zero-order valence-electron chi connectivity index (χ0n) is 19.5. The number of ether oxygens (including phenoxy) is 1. The lowest BCUT2D eigenvalue weighted by atomic mass is 10.2. The molecule has 35 heavy (non-hydrogen) atoms. The van der Waals surface area contributed by atoms with Crippen molar-refractivity contribution in [2.24, 2.45) is 5.10 Å². The molecule has 5 rings (SSSR count). The number of halogens is 1. The highest BCUT2D eigenvalue weighted by atomic mass is 19.1. The second-order valence-corrected chi connectivity index (χ2v) is 8.40. The lowest BCUT2D eigenvalue weighted by Crippen LogP contribution is -2.37. The van der Waals surface area contributed by atoms with Crippen molar-refractivity contribution < 1.29 is 9.13 Å². The highest BCUT2D eigenvalue weighted by Gasteiger charge is 2.20. The SMILES string of the molecule is CC1CCNN1c1cccc(Nc2ccc(/C=N/Nc3ncc(F)c(N4CCOCC4)n3)nc2)c1. The first-order valence-corrected chi connectivity index (χ1v) is 11.7. The minimum absolute atomic E-state index is 0.212. The second kappa shape index (κ2) is 10.6. The summed E-state index contributed by atoms with van der Waals surface area (Å²) < 4.78 is 19.5. The van der Waals surface area contributed by atoms with Crippen molar-refractivity contribution in [3.05, 3.63) is 60.3 Å². The molecule has 182 valence electrons. The molecule has 0 saturated carbocycles. The van der Waals surface area contributed by atoms with Crippen LogP contribution >= 0.6 is 0 Å². The Kier molecular flexibility index (Phi) is 6.96. The Labute approximate surface area is 203 Å². The summed E-state index contributed by atoms with van der Waals surface area (Å²) in [6.07, 6.45) is 5.58. The number of morpholine rings is 1. The summed E-state index contributed by atoms with van der Waals surface area (Å²) in [5.41, 5.74) is 9.79. The molecule has 3 aromatic rings. The average Bonchev–Trinajstić information content (AvgIpc) is 3.33. The van der Waals surface area contributed by atoms with Crippen LogP contribution in [-0.4, -0.2) is 60.1 Å². The number of hydrazine groups is 1. The van der Waals surface area contributed by atoms with E-state index in [1.807, 2.05) is 29.2 Å². The molecule has 0 aliphatic carbocycles. The fourth-order valence-corrected chi connectivity index (χ4v) is 4.05. The molecule has 0 bridgehead atoms. The summed E-state index contributed by atoms with van der Waals surface area (Å²) in [5.74, 6) is -0.0133. The van der Waals surface area contributed by atoms with E-state index in [9.17, 15) is 4.39 Å². The Bertz CT molecular complexity index is 1170. The molecule has 1 unspecified atom stereocenters. The predicted octanol–water partition coefficient (Wildman–Crippen LogP) is 3.14. The normalized spacial score (nSPS) is 18.3. The number of hydrazone groups is 1. The van der Waals surface area contributed by atoms with Gasteiger partial charge < -0.3 is 20.0 Å². The maximum atomic E-state index is 14.2. The van der Waals surface area contributed by atoms with E-state index < -0.39 is 5.82 Å². The molecule has 11 heteroatoms. The molecule has 2 aliphatic heterocycles. The smallest absolute Gasteiger partial charge is 0.245 e. The number of anilines is 5. The van der Waals surface area contributed by atoms with Gasteiger partial charge in [0.15, 0.2) is 11.6 Å². The van der Waals surface area contributed by atoms with Crippen LogP contribution in [0.5, 0.6) is 0 Å². The number of rotatable bonds is 7. The van der Waals surface area contributed by atoms with Crippen LogP contribution in [0.15, 0.2) is 53.9 Å². The zero-order chi connectivity index (χ0) is 24.0. The monoisotopic (exact) mass is 477 g/mol. The molecule has 1 aromatic carbocycles. The minimum atomic E-state index is -0.470. The van der Waals surface area contributed by atoms with Gasteiger partial charge in [-0.2, -0.15) is 10.1 Å². The third-order valence-corrected chi connectivity index (χ3v) is 5.88. The van der Waals surface area contributed by atoms with E-state index >= 15 is 0 Å². The van der Waals surface area contributed by atoms with Gasteiger partial charge in [-0.25, -0.2) is 20.2 Å². The van der Waals surface area contributed by atoms with Gasteiger partial charge in [0.05, 0.1) is 48.9 Å². The van der Waals surface area contributed by atoms with E-state index in [2.05, 4.69) is 60.3 Å². The Morgan fingerprint density at radius 1 is 1.14 bits per heavy atom. The predicted molar refractivity (Wildman–Crippen MR) is 135 cm³/mol. The van der Waals surface area contributed by atoms with Crippen LogP contribution in [0.4, 0.5) is 33.2 Å². The molecule has 2 saturated heterocycles. The quantitative estimate of drug-likeness (QED) is 0.350. The first kappa shape index (κ1) is 22.9. The molecule has 2 aliphatic rings. The van der Waals surface area contributed by atoms with Gasteiger partial charge in [0.2, 0.25) is 5.95 Å². The lowest BCUT2D eigenvalue weighted by molar-refractivity contribution is 0.122. The number of nitrogens with one attached hydrogen (secondary N) is 3. The number of aromatic nitrogens is 3. The highest BCUT2D eigenvalue weighted by molar-refractivity contribution is 5.78. The Hall–Kier alpha value is -3.83. The summed E-state index contributed by atoms with van der Waals surface area (Å²) in [4.78, 5) is 14.5. The molecule has 3 N–H and O–H groups in total. The van der Waals surface area contributed by atoms with Gasteiger partial charge in [0.25, 0.3) is 0 Å². The second-order valence-electron chi connectivity index (χ2n) is 8.40. The van der Waals surface area contributed by atoms with E-state index in [1.54, 1.807) is 12.4 Å². The first-order chi connectivity index (χ1) is 17.2. The number of hydrogen-bond donors (Lipinski definition) is 3. The largest absolute Gasteiger partial charge is 0.378 e. The fourth-order valence-electron chi connectivity index (χ4n) is 4.05. The van der Waals surface area contributed by atoms with Gasteiger partial charge in [0.1, 0.15) is 0 Å². The first-order valence-electron chi connectivity index (χ1n) is 11.7. The van der Waals surface area contributed by atoms with Crippen LogP contribution in [0.1, 0.15) is 19.0 Å². The van der Waals surface area contributed by atoms with Gasteiger partial charge in [0, 0.05) is 31.4 Å². The standard InChI is InChI=1S/C24H28FN9O/c1-17-7-8-29-34(17)21-4-2-3-18(13-21)30-20-6-5-19(26-14-20)15-28-32-24-27-16-22(25)23(31-24)33-9-11-35-12-10-33/h2-6,13-17,29-30H,7-12H2,1H3,(H,27,31,32)/b28-15+. The third kappa shape index (κ3) is 5.64. The molecular weight excluding hydrogens is 449 g/mol. The van der Waals surface area contributed by atoms with Crippen molar-refractivity contribution in [1.82, 2.24) is 20.4 Å². The van der Waals surface area contributed by atoms with Gasteiger partial charge in [-0.05, 0) is 43.7 Å². The summed E-state index contributed by atoms with van der Waals surface area (Å²) in [7, 11) is 0. The van der Waals surface area contributed by atoms with Crippen LogP contribution < -0.4 is 26.1 Å². The van der Waals surface area contributed by atoms with Crippen molar-refractivity contribution in [2.75, 3.05) is 53.5 Å². The molecule has 1 atom stereocenters. The Morgan fingerprint density at radius 3 is 2.80 bits per heavy atom. The van der Waals surface area contributed by atoms with Crippen molar-refractivity contribution in [3.8, 4) is 0 Å².